The van der Waals surface area contributed by atoms with Crippen molar-refractivity contribution in [2.75, 3.05) is 0 Å². The van der Waals surface area contributed by atoms with Crippen molar-refractivity contribution in [1.29, 1.82) is 0 Å². The SMILES string of the molecule is Cc1nn(C(C)(C)C)c2nc(C(C)C)cc(C(=O)NC(c3ccc(F)cc3)c3nccn3C)c12. The van der Waals surface area contributed by atoms with Crippen LogP contribution in [0, 0.1) is 12.7 Å². The Hall–Kier alpha value is -3.55. The van der Waals surface area contributed by atoms with Crippen LogP contribution in [0.3, 0.4) is 0 Å². The van der Waals surface area contributed by atoms with Gasteiger partial charge in [-0.15, -0.1) is 0 Å². The predicted molar refractivity (Wildman–Crippen MR) is 130 cm³/mol. The molecule has 1 N–H and O–H groups in total. The van der Waals surface area contributed by atoms with Gasteiger partial charge in [0.2, 0.25) is 0 Å². The molecule has 0 radical (unpaired) electrons. The molecular formula is C26H31FN6O. The lowest BCUT2D eigenvalue weighted by Crippen LogP contribution is -2.31. The molecular weight excluding hydrogens is 431 g/mol. The van der Waals surface area contributed by atoms with E-state index in [2.05, 4.69) is 44.9 Å². The number of pyridine rings is 1. The number of carbonyl (C=O) groups is 1. The summed E-state index contributed by atoms with van der Waals surface area (Å²) in [7, 11) is 1.87. The lowest BCUT2D eigenvalue weighted by atomic mass is 10.0. The lowest BCUT2D eigenvalue weighted by molar-refractivity contribution is 0.0942. The third-order valence-electron chi connectivity index (χ3n) is 5.90. The van der Waals surface area contributed by atoms with Gasteiger partial charge in [0.15, 0.2) is 5.65 Å². The Balaban J connectivity index is 1.86. The van der Waals surface area contributed by atoms with Crippen LogP contribution < -0.4 is 5.32 Å². The fourth-order valence-corrected chi connectivity index (χ4v) is 4.07. The zero-order valence-electron chi connectivity index (χ0n) is 20.7. The molecule has 0 spiro atoms. The van der Waals surface area contributed by atoms with E-state index in [0.29, 0.717) is 17.0 Å². The number of rotatable bonds is 5. The highest BCUT2D eigenvalue weighted by Gasteiger charge is 2.27. The quantitative estimate of drug-likeness (QED) is 0.452. The molecule has 4 aromatic rings. The molecule has 1 amide bonds. The molecule has 7 nitrogen and oxygen atoms in total. The molecule has 0 aliphatic rings. The van der Waals surface area contributed by atoms with Gasteiger partial charge >= 0.3 is 0 Å². The van der Waals surface area contributed by atoms with Gasteiger partial charge < -0.3 is 9.88 Å². The number of halogens is 1. The Morgan fingerprint density at radius 3 is 2.38 bits per heavy atom. The standard InChI is InChI=1S/C26H31FN6O/c1-15(2)20-14-19(21-16(3)31-33(23(21)29-20)26(4,5)6)25(34)30-22(24-28-12-13-32(24)7)17-8-10-18(27)11-9-17/h8-15,22H,1-7H3,(H,30,34). The number of nitrogens with one attached hydrogen (secondary N) is 1. The second-order valence-electron chi connectivity index (χ2n) is 9.97. The topological polar surface area (TPSA) is 77.6 Å². The number of hydrogen-bond acceptors (Lipinski definition) is 4. The molecule has 1 atom stereocenters. The van der Waals surface area contributed by atoms with Crippen molar-refractivity contribution in [2.24, 2.45) is 7.05 Å². The van der Waals surface area contributed by atoms with Crippen molar-refractivity contribution < 1.29 is 9.18 Å². The first-order chi connectivity index (χ1) is 16.0. The van der Waals surface area contributed by atoms with Crippen LogP contribution in [0.1, 0.15) is 79.7 Å². The third-order valence-corrected chi connectivity index (χ3v) is 5.90. The van der Waals surface area contributed by atoms with Gasteiger partial charge in [0.25, 0.3) is 5.91 Å². The number of nitrogens with zero attached hydrogens (tertiary/aromatic N) is 5. The fraction of sp³-hybridized carbons (Fsp3) is 0.385. The minimum atomic E-state index is -0.559. The highest BCUT2D eigenvalue weighted by atomic mass is 19.1. The molecule has 0 saturated heterocycles. The minimum Gasteiger partial charge on any atom is -0.338 e. The molecule has 1 aromatic carbocycles. The van der Waals surface area contributed by atoms with Crippen molar-refractivity contribution in [2.45, 2.75) is 59.0 Å². The second-order valence-corrected chi connectivity index (χ2v) is 9.97. The lowest BCUT2D eigenvalue weighted by Gasteiger charge is -2.21. The number of benzene rings is 1. The average molecular weight is 463 g/mol. The normalized spacial score (nSPS) is 13.0. The van der Waals surface area contributed by atoms with Crippen molar-refractivity contribution in [1.82, 2.24) is 29.6 Å². The summed E-state index contributed by atoms with van der Waals surface area (Å²) in [5.41, 5.74) is 3.21. The number of aromatic nitrogens is 5. The van der Waals surface area contributed by atoms with E-state index in [4.69, 9.17) is 10.1 Å². The zero-order chi connectivity index (χ0) is 24.8. The van der Waals surface area contributed by atoms with Gasteiger partial charge in [-0.3, -0.25) is 4.79 Å². The molecule has 0 aliphatic heterocycles. The smallest absolute Gasteiger partial charge is 0.253 e. The van der Waals surface area contributed by atoms with Crippen LogP contribution in [0.2, 0.25) is 0 Å². The highest BCUT2D eigenvalue weighted by Crippen LogP contribution is 2.30. The predicted octanol–water partition coefficient (Wildman–Crippen LogP) is 5.01. The molecule has 0 saturated carbocycles. The Morgan fingerprint density at radius 1 is 1.15 bits per heavy atom. The number of amides is 1. The van der Waals surface area contributed by atoms with Crippen LogP contribution in [-0.4, -0.2) is 30.2 Å². The van der Waals surface area contributed by atoms with Crippen LogP contribution in [0.25, 0.3) is 11.0 Å². The van der Waals surface area contributed by atoms with E-state index in [1.165, 1.54) is 12.1 Å². The molecule has 3 heterocycles. The molecule has 1 unspecified atom stereocenters. The summed E-state index contributed by atoms with van der Waals surface area (Å²) in [6, 6.07) is 7.40. The zero-order valence-corrected chi connectivity index (χ0v) is 20.7. The van der Waals surface area contributed by atoms with E-state index >= 15 is 0 Å². The maximum atomic E-state index is 13.8. The summed E-state index contributed by atoms with van der Waals surface area (Å²) in [4.78, 5) is 23.1. The summed E-state index contributed by atoms with van der Waals surface area (Å²) in [6.45, 7) is 12.2. The minimum absolute atomic E-state index is 0.127. The third kappa shape index (κ3) is 4.32. The monoisotopic (exact) mass is 462 g/mol. The number of fused-ring (bicyclic) bond motifs is 1. The Labute approximate surface area is 199 Å². The fourth-order valence-electron chi connectivity index (χ4n) is 4.07. The average Bonchev–Trinajstić information content (AvgIpc) is 3.35. The summed E-state index contributed by atoms with van der Waals surface area (Å²) in [5, 5.41) is 8.60. The Morgan fingerprint density at radius 2 is 1.82 bits per heavy atom. The molecule has 178 valence electrons. The Kier molecular flexibility index (Phi) is 6.02. The van der Waals surface area contributed by atoms with Crippen LogP contribution >= 0.6 is 0 Å². The van der Waals surface area contributed by atoms with Gasteiger partial charge in [-0.1, -0.05) is 26.0 Å². The van der Waals surface area contributed by atoms with Crippen molar-refractivity contribution in [3.05, 3.63) is 76.9 Å². The van der Waals surface area contributed by atoms with E-state index < -0.39 is 6.04 Å². The highest BCUT2D eigenvalue weighted by molar-refractivity contribution is 6.06. The summed E-state index contributed by atoms with van der Waals surface area (Å²) in [5.74, 6) is 0.179. The maximum Gasteiger partial charge on any atom is 0.253 e. The molecule has 4 rings (SSSR count). The van der Waals surface area contributed by atoms with Crippen molar-refractivity contribution in [3.63, 3.8) is 0 Å². The van der Waals surface area contributed by atoms with Crippen molar-refractivity contribution >= 4 is 16.9 Å². The van der Waals surface area contributed by atoms with Crippen molar-refractivity contribution in [3.8, 4) is 0 Å². The first-order valence-electron chi connectivity index (χ1n) is 11.4. The molecule has 3 aromatic heterocycles. The van der Waals surface area contributed by atoms with Crippen LogP contribution in [0.5, 0.6) is 0 Å². The van der Waals surface area contributed by atoms with E-state index in [1.807, 2.05) is 35.5 Å². The number of imidazole rings is 1. The number of carbonyl (C=O) groups excluding carboxylic acids is 1. The second kappa shape index (κ2) is 8.66. The van der Waals surface area contributed by atoms with Gasteiger partial charge in [0.1, 0.15) is 17.7 Å². The Bertz CT molecular complexity index is 1340. The largest absolute Gasteiger partial charge is 0.338 e. The summed E-state index contributed by atoms with van der Waals surface area (Å²) < 4.78 is 17.3. The molecule has 0 fully saturated rings. The first-order valence-corrected chi connectivity index (χ1v) is 11.4. The summed E-state index contributed by atoms with van der Waals surface area (Å²) in [6.07, 6.45) is 3.49. The van der Waals surface area contributed by atoms with E-state index in [0.717, 1.165) is 22.3 Å². The molecule has 0 aliphatic carbocycles. The number of aryl methyl sites for hydroxylation is 2. The van der Waals surface area contributed by atoms with Crippen LogP contribution in [0.4, 0.5) is 4.39 Å². The molecule has 0 bridgehead atoms. The van der Waals surface area contributed by atoms with Gasteiger partial charge in [0, 0.05) is 25.1 Å². The van der Waals surface area contributed by atoms with E-state index in [1.54, 1.807) is 18.3 Å². The van der Waals surface area contributed by atoms with E-state index in [9.17, 15) is 9.18 Å². The number of hydrogen-bond donors (Lipinski definition) is 1. The molecule has 34 heavy (non-hydrogen) atoms. The van der Waals surface area contributed by atoms with Gasteiger partial charge in [-0.2, -0.15) is 5.10 Å². The van der Waals surface area contributed by atoms with Gasteiger partial charge in [0.05, 0.1) is 22.2 Å². The first kappa shape index (κ1) is 23.6. The van der Waals surface area contributed by atoms with Gasteiger partial charge in [-0.05, 0) is 57.4 Å². The maximum absolute atomic E-state index is 13.8. The molecule has 8 heteroatoms. The van der Waals surface area contributed by atoms with Gasteiger partial charge in [-0.25, -0.2) is 19.0 Å². The van der Waals surface area contributed by atoms with Crippen LogP contribution in [-0.2, 0) is 12.6 Å². The van der Waals surface area contributed by atoms with E-state index in [-0.39, 0.29) is 23.2 Å². The summed E-state index contributed by atoms with van der Waals surface area (Å²) >= 11 is 0. The van der Waals surface area contributed by atoms with Crippen LogP contribution in [0.15, 0.2) is 42.7 Å².